The van der Waals surface area contributed by atoms with E-state index in [-0.39, 0.29) is 11.9 Å². The molecule has 1 saturated heterocycles. The maximum atomic E-state index is 12.5. The van der Waals surface area contributed by atoms with Gasteiger partial charge in [0, 0.05) is 32.2 Å². The monoisotopic (exact) mass is 343 g/mol. The molecule has 3 rings (SSSR count). The van der Waals surface area contributed by atoms with Gasteiger partial charge in [0.25, 0.3) is 10.0 Å². The molecule has 1 atom stereocenters. The molecule has 0 spiro atoms. The maximum Gasteiger partial charge on any atom is 0.252 e. The minimum Gasteiger partial charge on any atom is -0.352 e. The average molecular weight is 343 g/mol. The summed E-state index contributed by atoms with van der Waals surface area (Å²) in [5, 5.41) is 4.78. The number of carbonyl (C=O) groups is 1. The molecule has 1 N–H and O–H groups in total. The zero-order valence-corrected chi connectivity index (χ0v) is 14.2. The molecule has 1 aromatic rings. The molecule has 0 aromatic carbocycles. The normalized spacial score (nSPS) is 22.4. The molecule has 0 bridgehead atoms. The zero-order valence-electron chi connectivity index (χ0n) is 12.6. The Morgan fingerprint density at radius 1 is 1.32 bits per heavy atom. The molecule has 8 heteroatoms. The van der Waals surface area contributed by atoms with E-state index < -0.39 is 10.0 Å². The van der Waals surface area contributed by atoms with E-state index >= 15 is 0 Å². The smallest absolute Gasteiger partial charge is 0.252 e. The minimum absolute atomic E-state index is 0.0528. The van der Waals surface area contributed by atoms with Crippen molar-refractivity contribution in [3.63, 3.8) is 0 Å². The Kier molecular flexibility index (Phi) is 4.54. The standard InChI is InChI=1S/C14H21N3O3S2/c1-11(14(18)15-12-4-5-12)16-6-8-17(9-7-16)22(19,20)13-3-2-10-21-13/h2-3,10-12H,4-9H2,1H3,(H,15,18). The second kappa shape index (κ2) is 6.27. The molecule has 1 saturated carbocycles. The summed E-state index contributed by atoms with van der Waals surface area (Å²) in [6.07, 6.45) is 2.15. The number of nitrogens with one attached hydrogen (secondary N) is 1. The van der Waals surface area contributed by atoms with Crippen LogP contribution in [0.1, 0.15) is 19.8 Å². The first kappa shape index (κ1) is 15.9. The first-order valence-electron chi connectivity index (χ1n) is 7.56. The molecule has 1 aliphatic carbocycles. The first-order chi connectivity index (χ1) is 10.5. The topological polar surface area (TPSA) is 69.7 Å². The second-order valence-corrected chi connectivity index (χ2v) is 8.94. The van der Waals surface area contributed by atoms with Crippen molar-refractivity contribution in [3.05, 3.63) is 17.5 Å². The van der Waals surface area contributed by atoms with Crippen LogP contribution in [0.5, 0.6) is 0 Å². The van der Waals surface area contributed by atoms with E-state index in [0.717, 1.165) is 12.8 Å². The van der Waals surface area contributed by atoms with Gasteiger partial charge in [-0.2, -0.15) is 4.31 Å². The van der Waals surface area contributed by atoms with Gasteiger partial charge in [-0.25, -0.2) is 8.42 Å². The number of hydrogen-bond donors (Lipinski definition) is 1. The van der Waals surface area contributed by atoms with Crippen LogP contribution < -0.4 is 5.32 Å². The summed E-state index contributed by atoms with van der Waals surface area (Å²) in [5.41, 5.74) is 0. The number of carbonyl (C=O) groups excluding carboxylic acids is 1. The third-order valence-corrected chi connectivity index (χ3v) is 7.49. The van der Waals surface area contributed by atoms with Crippen molar-refractivity contribution in [3.8, 4) is 0 Å². The lowest BCUT2D eigenvalue weighted by atomic mass is 10.2. The van der Waals surface area contributed by atoms with Crippen molar-refractivity contribution < 1.29 is 13.2 Å². The SMILES string of the molecule is CC(C(=O)NC1CC1)N1CCN(S(=O)(=O)c2cccs2)CC1. The van der Waals surface area contributed by atoms with Crippen molar-refractivity contribution in [2.24, 2.45) is 0 Å². The number of amides is 1. The highest BCUT2D eigenvalue weighted by Crippen LogP contribution is 2.23. The Hall–Kier alpha value is -0.960. The minimum atomic E-state index is -3.37. The van der Waals surface area contributed by atoms with Gasteiger partial charge >= 0.3 is 0 Å². The molecule has 22 heavy (non-hydrogen) atoms. The summed E-state index contributed by atoms with van der Waals surface area (Å²) < 4.78 is 26.8. The number of rotatable bonds is 5. The highest BCUT2D eigenvalue weighted by atomic mass is 32.2. The van der Waals surface area contributed by atoms with Gasteiger partial charge in [-0.05, 0) is 31.2 Å². The number of piperazine rings is 1. The number of hydrogen-bond acceptors (Lipinski definition) is 5. The quantitative estimate of drug-likeness (QED) is 0.855. The summed E-state index contributed by atoms with van der Waals surface area (Å²) in [7, 11) is -3.37. The molecule has 2 aliphatic rings. The van der Waals surface area contributed by atoms with Gasteiger partial charge in [-0.3, -0.25) is 9.69 Å². The predicted molar refractivity (Wildman–Crippen MR) is 85.3 cm³/mol. The van der Waals surface area contributed by atoms with Crippen molar-refractivity contribution >= 4 is 27.3 Å². The van der Waals surface area contributed by atoms with E-state index in [0.29, 0.717) is 36.4 Å². The van der Waals surface area contributed by atoms with Crippen LogP contribution in [-0.4, -0.2) is 61.8 Å². The summed E-state index contributed by atoms with van der Waals surface area (Å²) in [6, 6.07) is 3.54. The van der Waals surface area contributed by atoms with E-state index in [2.05, 4.69) is 10.2 Å². The summed E-state index contributed by atoms with van der Waals surface area (Å²) in [5.74, 6) is 0.0528. The average Bonchev–Trinajstić information content (AvgIpc) is 3.15. The van der Waals surface area contributed by atoms with Crippen molar-refractivity contribution in [1.29, 1.82) is 0 Å². The molecule has 2 fully saturated rings. The lowest BCUT2D eigenvalue weighted by Crippen LogP contribution is -2.55. The van der Waals surface area contributed by atoms with Crippen LogP contribution in [-0.2, 0) is 14.8 Å². The molecular formula is C14H21N3O3S2. The number of nitrogens with zero attached hydrogens (tertiary/aromatic N) is 2. The molecule has 0 radical (unpaired) electrons. The molecule has 1 aliphatic heterocycles. The van der Waals surface area contributed by atoms with Gasteiger partial charge in [0.2, 0.25) is 5.91 Å². The number of thiophene rings is 1. The van der Waals surface area contributed by atoms with E-state index in [1.807, 2.05) is 6.92 Å². The highest BCUT2D eigenvalue weighted by molar-refractivity contribution is 7.91. The molecule has 1 aromatic heterocycles. The summed E-state index contributed by atoms with van der Waals surface area (Å²) >= 11 is 1.24. The van der Waals surface area contributed by atoms with Gasteiger partial charge in [0.05, 0.1) is 6.04 Å². The number of sulfonamides is 1. The molecule has 122 valence electrons. The van der Waals surface area contributed by atoms with Crippen molar-refractivity contribution in [2.75, 3.05) is 26.2 Å². The van der Waals surface area contributed by atoms with Crippen LogP contribution in [0, 0.1) is 0 Å². The summed E-state index contributed by atoms with van der Waals surface area (Å²) in [6.45, 7) is 3.93. The lowest BCUT2D eigenvalue weighted by molar-refractivity contribution is -0.126. The largest absolute Gasteiger partial charge is 0.352 e. The third-order valence-electron chi connectivity index (χ3n) is 4.21. The Balaban J connectivity index is 1.57. The Labute approximate surface area is 135 Å². The van der Waals surface area contributed by atoms with Crippen LogP contribution in [0.4, 0.5) is 0 Å². The van der Waals surface area contributed by atoms with Crippen LogP contribution in [0.3, 0.4) is 0 Å². The van der Waals surface area contributed by atoms with Crippen molar-refractivity contribution in [1.82, 2.24) is 14.5 Å². The predicted octanol–water partition coefficient (Wildman–Crippen LogP) is 0.721. The van der Waals surface area contributed by atoms with E-state index in [4.69, 9.17) is 0 Å². The second-order valence-electron chi connectivity index (χ2n) is 5.83. The molecule has 2 heterocycles. The molecule has 1 unspecified atom stereocenters. The van der Waals surface area contributed by atoms with E-state index in [1.54, 1.807) is 17.5 Å². The molecule has 6 nitrogen and oxygen atoms in total. The van der Waals surface area contributed by atoms with Gasteiger partial charge in [-0.15, -0.1) is 11.3 Å². The zero-order chi connectivity index (χ0) is 15.7. The lowest BCUT2D eigenvalue weighted by Gasteiger charge is -2.36. The van der Waals surface area contributed by atoms with E-state index in [1.165, 1.54) is 15.6 Å². The highest BCUT2D eigenvalue weighted by Gasteiger charge is 2.33. The Bertz CT molecular complexity index is 618. The fourth-order valence-corrected chi connectivity index (χ4v) is 5.15. The third kappa shape index (κ3) is 3.34. The van der Waals surface area contributed by atoms with Crippen LogP contribution >= 0.6 is 11.3 Å². The molecule has 1 amide bonds. The Morgan fingerprint density at radius 2 is 2.00 bits per heavy atom. The first-order valence-corrected chi connectivity index (χ1v) is 9.88. The van der Waals surface area contributed by atoms with Crippen LogP contribution in [0.25, 0.3) is 0 Å². The summed E-state index contributed by atoms with van der Waals surface area (Å²) in [4.78, 5) is 14.1. The van der Waals surface area contributed by atoms with E-state index in [9.17, 15) is 13.2 Å². The fraction of sp³-hybridized carbons (Fsp3) is 0.643. The fourth-order valence-electron chi connectivity index (χ4n) is 2.58. The van der Waals surface area contributed by atoms with Crippen molar-refractivity contribution in [2.45, 2.75) is 36.1 Å². The maximum absolute atomic E-state index is 12.5. The van der Waals surface area contributed by atoms with Gasteiger partial charge in [0.1, 0.15) is 4.21 Å². The molecular weight excluding hydrogens is 322 g/mol. The van der Waals surface area contributed by atoms with Gasteiger partial charge in [-0.1, -0.05) is 6.07 Å². The van der Waals surface area contributed by atoms with Crippen LogP contribution in [0.2, 0.25) is 0 Å². The van der Waals surface area contributed by atoms with Crippen LogP contribution in [0.15, 0.2) is 21.7 Å². The Morgan fingerprint density at radius 3 is 2.55 bits per heavy atom. The van der Waals surface area contributed by atoms with Gasteiger partial charge in [0.15, 0.2) is 0 Å². The van der Waals surface area contributed by atoms with Gasteiger partial charge < -0.3 is 5.32 Å².